The van der Waals surface area contributed by atoms with E-state index in [-0.39, 0.29) is 5.91 Å². The Morgan fingerprint density at radius 2 is 1.55 bits per heavy atom. The third-order valence-corrected chi connectivity index (χ3v) is 4.63. The van der Waals surface area contributed by atoms with E-state index in [0.29, 0.717) is 30.2 Å². The Hall–Kier alpha value is -3.47. The van der Waals surface area contributed by atoms with E-state index in [1.165, 1.54) is 0 Å². The summed E-state index contributed by atoms with van der Waals surface area (Å²) in [4.78, 5) is 14.8. The number of carbonyl (C=O) groups excluding carboxylic acids is 1. The number of hydrogen-bond acceptors (Lipinski definition) is 4. The summed E-state index contributed by atoms with van der Waals surface area (Å²) in [6, 6.07) is 22.7. The van der Waals surface area contributed by atoms with Crippen LogP contribution in [0.3, 0.4) is 0 Å². The minimum atomic E-state index is -0.0740. The Kier molecular flexibility index (Phi) is 6.74. The van der Waals surface area contributed by atoms with Gasteiger partial charge in [0.25, 0.3) is 5.91 Å². The molecule has 0 saturated heterocycles. The quantitative estimate of drug-likeness (QED) is 0.565. The van der Waals surface area contributed by atoms with Gasteiger partial charge in [0.05, 0.1) is 14.2 Å². The number of nitrogens with zero attached hydrogens (tertiary/aromatic N) is 1. The Balaban J connectivity index is 1.74. The number of benzene rings is 3. The molecule has 0 radical (unpaired) electrons. The summed E-state index contributed by atoms with van der Waals surface area (Å²) in [7, 11) is 5.00. The Bertz CT molecular complexity index is 956. The minimum absolute atomic E-state index is 0.0740. The zero-order chi connectivity index (χ0) is 20.6. The standard InChI is InChI=1S/C24H25NO4/c1-25(16-18-13-14-21(27-2)15-23(18)28-3)24(26)22-12-8-7-9-19(22)17-29-20-10-5-4-6-11-20/h4-15H,16-17H2,1-3H3. The van der Waals surface area contributed by atoms with E-state index < -0.39 is 0 Å². The van der Waals surface area contributed by atoms with Crippen LogP contribution in [0.4, 0.5) is 0 Å². The van der Waals surface area contributed by atoms with Gasteiger partial charge in [-0.05, 0) is 30.3 Å². The second-order valence-corrected chi connectivity index (χ2v) is 6.60. The molecule has 0 bridgehead atoms. The van der Waals surface area contributed by atoms with Crippen molar-refractivity contribution in [2.24, 2.45) is 0 Å². The highest BCUT2D eigenvalue weighted by atomic mass is 16.5. The van der Waals surface area contributed by atoms with Crippen LogP contribution >= 0.6 is 0 Å². The maximum atomic E-state index is 13.1. The molecule has 0 fully saturated rings. The van der Waals surface area contributed by atoms with E-state index >= 15 is 0 Å². The fourth-order valence-electron chi connectivity index (χ4n) is 3.05. The van der Waals surface area contributed by atoms with Gasteiger partial charge >= 0.3 is 0 Å². The zero-order valence-electron chi connectivity index (χ0n) is 16.9. The van der Waals surface area contributed by atoms with E-state index in [2.05, 4.69) is 0 Å². The molecule has 0 spiro atoms. The van der Waals surface area contributed by atoms with Crippen molar-refractivity contribution in [2.45, 2.75) is 13.2 Å². The summed E-state index contributed by atoms with van der Waals surface area (Å²) >= 11 is 0. The first-order chi connectivity index (χ1) is 14.1. The van der Waals surface area contributed by atoms with E-state index in [0.717, 1.165) is 16.9 Å². The number of hydrogen-bond donors (Lipinski definition) is 0. The molecule has 150 valence electrons. The van der Waals surface area contributed by atoms with E-state index in [1.807, 2.05) is 72.8 Å². The van der Waals surface area contributed by atoms with Crippen molar-refractivity contribution in [3.63, 3.8) is 0 Å². The van der Waals surface area contributed by atoms with E-state index in [1.54, 1.807) is 26.2 Å². The predicted molar refractivity (Wildman–Crippen MR) is 113 cm³/mol. The predicted octanol–water partition coefficient (Wildman–Crippen LogP) is 4.56. The van der Waals surface area contributed by atoms with Crippen molar-refractivity contribution in [2.75, 3.05) is 21.3 Å². The molecule has 3 aromatic rings. The van der Waals surface area contributed by atoms with E-state index in [9.17, 15) is 4.79 Å². The van der Waals surface area contributed by atoms with Crippen LogP contribution < -0.4 is 14.2 Å². The molecule has 0 aliphatic rings. The molecule has 3 aromatic carbocycles. The van der Waals surface area contributed by atoms with Crippen molar-refractivity contribution in [3.05, 3.63) is 89.5 Å². The molecule has 5 heteroatoms. The molecule has 0 saturated carbocycles. The normalized spacial score (nSPS) is 10.3. The molecule has 0 unspecified atom stereocenters. The monoisotopic (exact) mass is 391 g/mol. The third-order valence-electron chi connectivity index (χ3n) is 4.63. The van der Waals surface area contributed by atoms with Gasteiger partial charge in [0, 0.05) is 36.3 Å². The van der Waals surface area contributed by atoms with Gasteiger partial charge < -0.3 is 19.1 Å². The summed E-state index contributed by atoms with van der Waals surface area (Å²) in [5, 5.41) is 0. The lowest BCUT2D eigenvalue weighted by Gasteiger charge is -2.21. The number of ether oxygens (including phenoxy) is 3. The smallest absolute Gasteiger partial charge is 0.254 e. The molecule has 0 heterocycles. The lowest BCUT2D eigenvalue weighted by Crippen LogP contribution is -2.27. The molecule has 0 N–H and O–H groups in total. The maximum absolute atomic E-state index is 13.1. The van der Waals surface area contributed by atoms with Crippen LogP contribution in [-0.4, -0.2) is 32.1 Å². The van der Waals surface area contributed by atoms with Crippen molar-refractivity contribution in [3.8, 4) is 17.2 Å². The molecule has 0 atom stereocenters. The van der Waals surface area contributed by atoms with Gasteiger partial charge in [0.1, 0.15) is 23.9 Å². The Labute approximate surface area is 171 Å². The molecule has 0 aliphatic carbocycles. The van der Waals surface area contributed by atoms with Gasteiger partial charge in [-0.2, -0.15) is 0 Å². The van der Waals surface area contributed by atoms with Crippen molar-refractivity contribution in [1.82, 2.24) is 4.90 Å². The number of methoxy groups -OCH3 is 2. The molecule has 5 nitrogen and oxygen atoms in total. The summed E-state index contributed by atoms with van der Waals surface area (Å²) < 4.78 is 16.5. The average molecular weight is 391 g/mol. The molecular formula is C24H25NO4. The highest BCUT2D eigenvalue weighted by Crippen LogP contribution is 2.26. The molecule has 0 aliphatic heterocycles. The number of rotatable bonds is 8. The van der Waals surface area contributed by atoms with Crippen LogP contribution in [0.15, 0.2) is 72.8 Å². The fourth-order valence-corrected chi connectivity index (χ4v) is 3.05. The number of amides is 1. The Morgan fingerprint density at radius 1 is 0.828 bits per heavy atom. The number of carbonyl (C=O) groups is 1. The van der Waals surface area contributed by atoms with Crippen molar-refractivity contribution < 1.29 is 19.0 Å². The second-order valence-electron chi connectivity index (χ2n) is 6.60. The van der Waals surface area contributed by atoms with Crippen molar-refractivity contribution in [1.29, 1.82) is 0 Å². The first-order valence-electron chi connectivity index (χ1n) is 9.34. The molecule has 1 amide bonds. The van der Waals surface area contributed by atoms with Gasteiger partial charge in [-0.15, -0.1) is 0 Å². The zero-order valence-corrected chi connectivity index (χ0v) is 16.9. The van der Waals surface area contributed by atoms with E-state index in [4.69, 9.17) is 14.2 Å². The molecule has 29 heavy (non-hydrogen) atoms. The summed E-state index contributed by atoms with van der Waals surface area (Å²) in [5.74, 6) is 2.09. The summed E-state index contributed by atoms with van der Waals surface area (Å²) in [6.45, 7) is 0.742. The maximum Gasteiger partial charge on any atom is 0.254 e. The average Bonchev–Trinajstić information content (AvgIpc) is 2.78. The first kappa shape index (κ1) is 20.3. The van der Waals surface area contributed by atoms with Crippen LogP contribution in [0.5, 0.6) is 17.2 Å². The molecule has 3 rings (SSSR count). The lowest BCUT2D eigenvalue weighted by molar-refractivity contribution is 0.0781. The number of para-hydroxylation sites is 1. The van der Waals surface area contributed by atoms with Gasteiger partial charge in [-0.1, -0.05) is 36.4 Å². The molecule has 0 aromatic heterocycles. The largest absolute Gasteiger partial charge is 0.497 e. The lowest BCUT2D eigenvalue weighted by atomic mass is 10.1. The van der Waals surface area contributed by atoms with Gasteiger partial charge in [0.2, 0.25) is 0 Å². The van der Waals surface area contributed by atoms with Crippen molar-refractivity contribution >= 4 is 5.91 Å². The van der Waals surface area contributed by atoms with Gasteiger partial charge in [-0.3, -0.25) is 4.79 Å². The fraction of sp³-hybridized carbons (Fsp3) is 0.208. The Morgan fingerprint density at radius 3 is 2.28 bits per heavy atom. The summed E-state index contributed by atoms with van der Waals surface area (Å²) in [6.07, 6.45) is 0. The first-order valence-corrected chi connectivity index (χ1v) is 9.34. The molecular weight excluding hydrogens is 366 g/mol. The van der Waals surface area contributed by atoms with Crippen LogP contribution in [-0.2, 0) is 13.2 Å². The van der Waals surface area contributed by atoms with Crippen LogP contribution in [0.2, 0.25) is 0 Å². The second kappa shape index (κ2) is 9.64. The van der Waals surface area contributed by atoms with Gasteiger partial charge in [0.15, 0.2) is 0 Å². The van der Waals surface area contributed by atoms with Crippen LogP contribution in [0, 0.1) is 0 Å². The van der Waals surface area contributed by atoms with Crippen LogP contribution in [0.1, 0.15) is 21.5 Å². The minimum Gasteiger partial charge on any atom is -0.497 e. The SMILES string of the molecule is COc1ccc(CN(C)C(=O)c2ccccc2COc2ccccc2)c(OC)c1. The third kappa shape index (κ3) is 5.08. The summed E-state index contributed by atoms with van der Waals surface area (Å²) in [5.41, 5.74) is 2.37. The highest BCUT2D eigenvalue weighted by molar-refractivity contribution is 5.95. The van der Waals surface area contributed by atoms with Crippen LogP contribution in [0.25, 0.3) is 0 Å². The van der Waals surface area contributed by atoms with Gasteiger partial charge in [-0.25, -0.2) is 0 Å². The highest BCUT2D eigenvalue weighted by Gasteiger charge is 2.18. The topological polar surface area (TPSA) is 48.0 Å².